The number of carboxylic acids is 1. The van der Waals surface area contributed by atoms with Crippen molar-refractivity contribution < 1.29 is 9.90 Å². The Morgan fingerprint density at radius 2 is 2.40 bits per heavy atom. The molecule has 0 aliphatic rings. The summed E-state index contributed by atoms with van der Waals surface area (Å²) < 4.78 is 0. The van der Waals surface area contributed by atoms with E-state index in [1.165, 1.54) is 0 Å². The molecular formula is C6H14N2O2. The fraction of sp³-hybridized carbons (Fsp3) is 0.833. The van der Waals surface area contributed by atoms with Crippen molar-refractivity contribution in [2.24, 2.45) is 5.73 Å². The Kier molecular flexibility index (Phi) is 4.88. The summed E-state index contributed by atoms with van der Waals surface area (Å²) in [4.78, 5) is 10.1. The third-order valence-corrected chi connectivity index (χ3v) is 1.20. The lowest BCUT2D eigenvalue weighted by molar-refractivity contribution is -0.138. The molecule has 0 saturated carbocycles. The first kappa shape index (κ1) is 9.39. The maximum absolute atomic E-state index is 10.1. The van der Waals surface area contributed by atoms with E-state index in [9.17, 15) is 4.79 Å². The predicted molar refractivity (Wildman–Crippen MR) is 38.8 cm³/mol. The highest BCUT2D eigenvalue weighted by Crippen LogP contribution is 1.84. The number of rotatable bonds is 5. The topological polar surface area (TPSA) is 75.3 Å². The summed E-state index contributed by atoms with van der Waals surface area (Å²) in [6.07, 6.45) is 0.489. The molecule has 0 rings (SSSR count). The Morgan fingerprint density at radius 1 is 1.80 bits per heavy atom. The SMILES string of the molecule is CCNCC[C@H](N)C(=O)O. The van der Waals surface area contributed by atoms with Crippen LogP contribution < -0.4 is 11.1 Å². The third kappa shape index (κ3) is 4.29. The van der Waals surface area contributed by atoms with Gasteiger partial charge in [-0.15, -0.1) is 0 Å². The Labute approximate surface area is 60.4 Å². The summed E-state index contributed by atoms with van der Waals surface area (Å²) in [5.41, 5.74) is 5.22. The Bertz CT molecular complexity index is 106. The molecule has 10 heavy (non-hydrogen) atoms. The first-order valence-corrected chi connectivity index (χ1v) is 3.37. The minimum Gasteiger partial charge on any atom is -0.480 e. The van der Waals surface area contributed by atoms with Gasteiger partial charge in [0.1, 0.15) is 6.04 Å². The van der Waals surface area contributed by atoms with Gasteiger partial charge in [-0.05, 0) is 19.5 Å². The van der Waals surface area contributed by atoms with Crippen molar-refractivity contribution in [1.82, 2.24) is 5.32 Å². The van der Waals surface area contributed by atoms with E-state index in [4.69, 9.17) is 10.8 Å². The largest absolute Gasteiger partial charge is 0.480 e. The van der Waals surface area contributed by atoms with Crippen molar-refractivity contribution in [2.45, 2.75) is 19.4 Å². The van der Waals surface area contributed by atoms with Gasteiger partial charge in [-0.3, -0.25) is 4.79 Å². The Balaban J connectivity index is 3.21. The lowest BCUT2D eigenvalue weighted by atomic mass is 10.2. The molecule has 4 heteroatoms. The first-order chi connectivity index (χ1) is 4.68. The number of carboxylic acid groups (broad SMARTS) is 1. The molecule has 0 unspecified atom stereocenters. The number of hydrogen-bond acceptors (Lipinski definition) is 3. The molecule has 0 bridgehead atoms. The third-order valence-electron chi connectivity index (χ3n) is 1.20. The van der Waals surface area contributed by atoms with Crippen LogP contribution >= 0.6 is 0 Å². The van der Waals surface area contributed by atoms with Crippen LogP contribution in [0.4, 0.5) is 0 Å². The summed E-state index contributed by atoms with van der Waals surface area (Å²) in [6.45, 7) is 3.49. The average Bonchev–Trinajstić information content (AvgIpc) is 1.88. The van der Waals surface area contributed by atoms with Gasteiger partial charge in [-0.25, -0.2) is 0 Å². The van der Waals surface area contributed by atoms with E-state index in [0.717, 1.165) is 6.54 Å². The van der Waals surface area contributed by atoms with Crippen LogP contribution in [0.5, 0.6) is 0 Å². The van der Waals surface area contributed by atoms with E-state index in [0.29, 0.717) is 13.0 Å². The summed E-state index contributed by atoms with van der Waals surface area (Å²) in [7, 11) is 0. The van der Waals surface area contributed by atoms with Gasteiger partial charge in [-0.2, -0.15) is 0 Å². The Hall–Kier alpha value is -0.610. The molecule has 4 nitrogen and oxygen atoms in total. The monoisotopic (exact) mass is 146 g/mol. The molecule has 4 N–H and O–H groups in total. The first-order valence-electron chi connectivity index (χ1n) is 3.37. The number of aliphatic carboxylic acids is 1. The number of carbonyl (C=O) groups is 1. The molecule has 0 aromatic rings. The zero-order valence-corrected chi connectivity index (χ0v) is 6.13. The van der Waals surface area contributed by atoms with Crippen molar-refractivity contribution in [1.29, 1.82) is 0 Å². The molecule has 0 aliphatic heterocycles. The summed E-state index contributed by atoms with van der Waals surface area (Å²) >= 11 is 0. The highest BCUT2D eigenvalue weighted by Gasteiger charge is 2.09. The zero-order valence-electron chi connectivity index (χ0n) is 6.13. The Morgan fingerprint density at radius 3 is 2.80 bits per heavy atom. The van der Waals surface area contributed by atoms with Crippen LogP contribution in [0.25, 0.3) is 0 Å². The number of hydrogen-bond donors (Lipinski definition) is 3. The van der Waals surface area contributed by atoms with Gasteiger partial charge in [-0.1, -0.05) is 6.92 Å². The van der Waals surface area contributed by atoms with Gasteiger partial charge in [0, 0.05) is 0 Å². The molecule has 60 valence electrons. The fourth-order valence-corrected chi connectivity index (χ4v) is 0.558. The molecule has 0 spiro atoms. The standard InChI is InChI=1S/C6H14N2O2/c1-2-8-4-3-5(7)6(9)10/h5,8H,2-4,7H2,1H3,(H,9,10)/t5-/m0/s1. The van der Waals surface area contributed by atoms with Gasteiger partial charge < -0.3 is 16.2 Å². The molecular weight excluding hydrogens is 132 g/mol. The van der Waals surface area contributed by atoms with Crippen LogP contribution in [0, 0.1) is 0 Å². The molecule has 0 fully saturated rings. The van der Waals surface area contributed by atoms with Crippen molar-refractivity contribution in [3.8, 4) is 0 Å². The predicted octanol–water partition coefficient (Wildman–Crippen LogP) is -0.602. The molecule has 1 atom stereocenters. The van der Waals surface area contributed by atoms with Crippen molar-refractivity contribution >= 4 is 5.97 Å². The lowest BCUT2D eigenvalue weighted by Crippen LogP contribution is -2.33. The second-order valence-corrected chi connectivity index (χ2v) is 2.09. The van der Waals surface area contributed by atoms with Gasteiger partial charge in [0.2, 0.25) is 0 Å². The van der Waals surface area contributed by atoms with Crippen LogP contribution in [-0.2, 0) is 4.79 Å². The smallest absolute Gasteiger partial charge is 0.320 e. The van der Waals surface area contributed by atoms with Gasteiger partial charge in [0.05, 0.1) is 0 Å². The zero-order chi connectivity index (χ0) is 7.98. The van der Waals surface area contributed by atoms with Crippen LogP contribution in [0.1, 0.15) is 13.3 Å². The van der Waals surface area contributed by atoms with E-state index in [1.54, 1.807) is 0 Å². The second-order valence-electron chi connectivity index (χ2n) is 2.09. The van der Waals surface area contributed by atoms with Crippen molar-refractivity contribution in [3.63, 3.8) is 0 Å². The van der Waals surface area contributed by atoms with Crippen molar-refractivity contribution in [2.75, 3.05) is 13.1 Å². The maximum atomic E-state index is 10.1. The minimum atomic E-state index is -0.932. The fourth-order valence-electron chi connectivity index (χ4n) is 0.558. The molecule has 0 amide bonds. The molecule has 0 heterocycles. The van der Waals surface area contributed by atoms with E-state index in [-0.39, 0.29) is 0 Å². The summed E-state index contributed by atoms with van der Waals surface area (Å²) in [5.74, 6) is -0.932. The van der Waals surface area contributed by atoms with Gasteiger partial charge >= 0.3 is 5.97 Å². The van der Waals surface area contributed by atoms with Gasteiger partial charge in [0.15, 0.2) is 0 Å². The number of nitrogens with two attached hydrogens (primary N) is 1. The molecule has 0 radical (unpaired) electrons. The van der Waals surface area contributed by atoms with Crippen LogP contribution in [-0.4, -0.2) is 30.2 Å². The van der Waals surface area contributed by atoms with Gasteiger partial charge in [0.25, 0.3) is 0 Å². The van der Waals surface area contributed by atoms with Crippen LogP contribution in [0.3, 0.4) is 0 Å². The lowest BCUT2D eigenvalue weighted by Gasteiger charge is -2.04. The van der Waals surface area contributed by atoms with Crippen LogP contribution in [0.15, 0.2) is 0 Å². The summed E-state index contributed by atoms with van der Waals surface area (Å²) in [6, 6.07) is -0.723. The maximum Gasteiger partial charge on any atom is 0.320 e. The minimum absolute atomic E-state index is 0.489. The van der Waals surface area contributed by atoms with Crippen LogP contribution in [0.2, 0.25) is 0 Å². The normalized spacial score (nSPS) is 13.0. The highest BCUT2D eigenvalue weighted by atomic mass is 16.4. The van der Waals surface area contributed by atoms with E-state index in [1.807, 2.05) is 6.92 Å². The number of nitrogens with one attached hydrogen (secondary N) is 1. The van der Waals surface area contributed by atoms with E-state index >= 15 is 0 Å². The second kappa shape index (κ2) is 5.20. The molecule has 0 aromatic heterocycles. The highest BCUT2D eigenvalue weighted by molar-refractivity contribution is 5.72. The average molecular weight is 146 g/mol. The molecule has 0 aromatic carbocycles. The summed E-state index contributed by atoms with van der Waals surface area (Å²) in [5, 5.41) is 11.3. The molecule has 0 aliphatic carbocycles. The van der Waals surface area contributed by atoms with E-state index < -0.39 is 12.0 Å². The van der Waals surface area contributed by atoms with Crippen molar-refractivity contribution in [3.05, 3.63) is 0 Å². The van der Waals surface area contributed by atoms with E-state index in [2.05, 4.69) is 5.32 Å². The molecule has 0 saturated heterocycles. The quantitative estimate of drug-likeness (QED) is 0.453.